The number of aromatic hydroxyl groups is 1. The lowest BCUT2D eigenvalue weighted by Gasteiger charge is -2.41. The molecule has 2 aliphatic heterocycles. The van der Waals surface area contributed by atoms with E-state index in [1.807, 2.05) is 60.5 Å². The number of aliphatic imine (C=N–C) groups is 2. The first kappa shape index (κ1) is 17.7. The van der Waals surface area contributed by atoms with Crippen LogP contribution in [0, 0.1) is 5.92 Å². The average Bonchev–Trinajstić information content (AvgIpc) is 2.69. The molecule has 0 saturated carbocycles. The number of benzene rings is 2. The first-order valence-corrected chi connectivity index (χ1v) is 9.49. The van der Waals surface area contributed by atoms with Crippen LogP contribution < -0.4 is 0 Å². The minimum atomic E-state index is -0.528. The Balaban J connectivity index is 1.79. The van der Waals surface area contributed by atoms with Gasteiger partial charge in [-0.25, -0.2) is 9.98 Å². The number of carbonyl (C=O) groups is 1. The summed E-state index contributed by atoms with van der Waals surface area (Å²) in [6.45, 7) is 2.03. The van der Waals surface area contributed by atoms with Gasteiger partial charge in [0.05, 0.1) is 10.5 Å². The van der Waals surface area contributed by atoms with Gasteiger partial charge in [-0.1, -0.05) is 49.4 Å². The van der Waals surface area contributed by atoms with E-state index in [4.69, 9.17) is 0 Å². The highest BCUT2D eigenvalue weighted by atomic mass is 79.9. The van der Waals surface area contributed by atoms with Crippen molar-refractivity contribution in [3.63, 3.8) is 0 Å². The highest BCUT2D eigenvalue weighted by Gasteiger charge is 2.41. The van der Waals surface area contributed by atoms with Crippen molar-refractivity contribution >= 4 is 33.9 Å². The first-order valence-electron chi connectivity index (χ1n) is 8.70. The zero-order chi connectivity index (χ0) is 19.0. The third-order valence-corrected chi connectivity index (χ3v) is 5.32. The van der Waals surface area contributed by atoms with Crippen LogP contribution in [0.1, 0.15) is 28.9 Å². The molecule has 4 rings (SSSR count). The van der Waals surface area contributed by atoms with Crippen molar-refractivity contribution in [2.75, 3.05) is 0 Å². The van der Waals surface area contributed by atoms with E-state index in [0.29, 0.717) is 11.5 Å². The molecule has 0 bridgehead atoms. The summed E-state index contributed by atoms with van der Waals surface area (Å²) in [6.07, 6.45) is 3.62. The fourth-order valence-electron chi connectivity index (χ4n) is 3.59. The van der Waals surface area contributed by atoms with Crippen molar-refractivity contribution in [3.8, 4) is 5.75 Å². The average molecular weight is 424 g/mol. The van der Waals surface area contributed by atoms with Crippen molar-refractivity contribution in [1.82, 2.24) is 4.90 Å². The van der Waals surface area contributed by atoms with Gasteiger partial charge >= 0.3 is 0 Å². The second-order valence-electron chi connectivity index (χ2n) is 6.68. The SMILES string of the molecule is CC1C(C(=O)c2ccccc2)N=C2N=CC(Br)=CN2C1c1ccc(O)cc1. The predicted molar refractivity (Wildman–Crippen MR) is 109 cm³/mol. The van der Waals surface area contributed by atoms with Crippen molar-refractivity contribution in [1.29, 1.82) is 0 Å². The van der Waals surface area contributed by atoms with E-state index >= 15 is 0 Å². The van der Waals surface area contributed by atoms with E-state index in [2.05, 4.69) is 25.9 Å². The molecule has 0 spiro atoms. The summed E-state index contributed by atoms with van der Waals surface area (Å²) in [5.41, 5.74) is 1.64. The number of hydrogen-bond acceptors (Lipinski definition) is 5. The molecule has 2 aromatic rings. The molecule has 0 saturated heterocycles. The van der Waals surface area contributed by atoms with Gasteiger partial charge < -0.3 is 10.0 Å². The first-order chi connectivity index (χ1) is 13.0. The smallest absolute Gasteiger partial charge is 0.226 e. The number of phenolic OH excluding ortho intramolecular Hbond substituents is 1. The maximum absolute atomic E-state index is 13.1. The highest BCUT2D eigenvalue weighted by molar-refractivity contribution is 9.12. The number of fused-ring (bicyclic) bond motifs is 1. The number of allylic oxidation sites excluding steroid dienone is 1. The summed E-state index contributed by atoms with van der Waals surface area (Å²) in [6, 6.07) is 15.7. The summed E-state index contributed by atoms with van der Waals surface area (Å²) >= 11 is 3.47. The van der Waals surface area contributed by atoms with Gasteiger partial charge in [0.15, 0.2) is 5.78 Å². The Hall–Kier alpha value is -2.73. The van der Waals surface area contributed by atoms with E-state index < -0.39 is 6.04 Å². The minimum Gasteiger partial charge on any atom is -0.508 e. The molecule has 0 aliphatic carbocycles. The van der Waals surface area contributed by atoms with Crippen LogP contribution in [0.4, 0.5) is 0 Å². The number of phenols is 1. The Labute approximate surface area is 165 Å². The van der Waals surface area contributed by atoms with Crippen LogP contribution in [0.3, 0.4) is 0 Å². The third-order valence-electron chi connectivity index (χ3n) is 4.91. The van der Waals surface area contributed by atoms with E-state index in [1.54, 1.807) is 18.3 Å². The molecule has 136 valence electrons. The van der Waals surface area contributed by atoms with Crippen LogP contribution in [-0.2, 0) is 0 Å². The van der Waals surface area contributed by atoms with Gasteiger partial charge in [0.1, 0.15) is 11.8 Å². The standard InChI is InChI=1S/C21H18BrN3O2/c1-13-18(20(27)15-5-3-2-4-6-15)24-21-23-11-16(22)12-25(21)19(13)14-7-9-17(26)10-8-14/h2-13,18-19,26H,1H3. The summed E-state index contributed by atoms with van der Waals surface area (Å²) in [5.74, 6) is 0.628. The van der Waals surface area contributed by atoms with Crippen LogP contribution >= 0.6 is 15.9 Å². The Kier molecular flexibility index (Phi) is 4.66. The van der Waals surface area contributed by atoms with Crippen LogP contribution in [0.5, 0.6) is 5.75 Å². The van der Waals surface area contributed by atoms with Crippen molar-refractivity contribution in [3.05, 3.63) is 76.4 Å². The Morgan fingerprint density at radius 1 is 1.11 bits per heavy atom. The molecule has 0 amide bonds. The number of carbonyl (C=O) groups excluding carboxylic acids is 1. The topological polar surface area (TPSA) is 65.3 Å². The Bertz CT molecular complexity index is 951. The molecule has 1 N–H and O–H groups in total. The van der Waals surface area contributed by atoms with E-state index in [9.17, 15) is 9.90 Å². The summed E-state index contributed by atoms with van der Waals surface area (Å²) < 4.78 is 0.838. The molecule has 2 aromatic carbocycles. The molecule has 5 nitrogen and oxygen atoms in total. The molecule has 27 heavy (non-hydrogen) atoms. The second-order valence-corrected chi connectivity index (χ2v) is 7.59. The van der Waals surface area contributed by atoms with E-state index in [1.165, 1.54) is 0 Å². The number of nitrogens with zero attached hydrogens (tertiary/aromatic N) is 3. The lowest BCUT2D eigenvalue weighted by molar-refractivity contribution is 0.0897. The lowest BCUT2D eigenvalue weighted by Crippen LogP contribution is -2.46. The van der Waals surface area contributed by atoms with Gasteiger partial charge in [0.2, 0.25) is 5.96 Å². The van der Waals surface area contributed by atoms with Gasteiger partial charge in [-0.2, -0.15) is 0 Å². The normalized spacial score (nSPS) is 24.1. The molecule has 2 heterocycles. The number of ketones is 1. The number of halogens is 1. The van der Waals surface area contributed by atoms with Crippen molar-refractivity contribution in [2.45, 2.75) is 19.0 Å². The number of guanidine groups is 1. The largest absolute Gasteiger partial charge is 0.508 e. The molecular formula is C21H18BrN3O2. The number of hydrogen-bond donors (Lipinski definition) is 1. The van der Waals surface area contributed by atoms with Crippen molar-refractivity contribution in [2.24, 2.45) is 15.9 Å². The van der Waals surface area contributed by atoms with Gasteiger partial charge in [0.25, 0.3) is 0 Å². The van der Waals surface area contributed by atoms with Crippen LogP contribution in [0.25, 0.3) is 0 Å². The Morgan fingerprint density at radius 3 is 2.52 bits per heavy atom. The summed E-state index contributed by atoms with van der Waals surface area (Å²) in [4.78, 5) is 24.2. The quantitative estimate of drug-likeness (QED) is 0.747. The molecule has 6 heteroatoms. The van der Waals surface area contributed by atoms with E-state index in [-0.39, 0.29) is 23.5 Å². The molecular weight excluding hydrogens is 406 g/mol. The van der Waals surface area contributed by atoms with E-state index in [0.717, 1.165) is 10.0 Å². The molecule has 2 aliphatic rings. The van der Waals surface area contributed by atoms with Gasteiger partial charge in [-0.3, -0.25) is 4.79 Å². The lowest BCUT2D eigenvalue weighted by atomic mass is 9.83. The second kappa shape index (κ2) is 7.12. The number of Topliss-reactive ketones (excluding diaryl/α,β-unsaturated/α-hetero) is 1. The van der Waals surface area contributed by atoms with Crippen molar-refractivity contribution < 1.29 is 9.90 Å². The maximum Gasteiger partial charge on any atom is 0.226 e. The van der Waals surface area contributed by atoms with Crippen LogP contribution in [0.15, 0.2) is 75.3 Å². The molecule has 0 radical (unpaired) electrons. The maximum atomic E-state index is 13.1. The summed E-state index contributed by atoms with van der Waals surface area (Å²) in [5, 5.41) is 9.65. The highest BCUT2D eigenvalue weighted by Crippen LogP contribution is 2.39. The molecule has 3 atom stereocenters. The minimum absolute atomic E-state index is 0.0113. The Morgan fingerprint density at radius 2 is 1.81 bits per heavy atom. The fourth-order valence-corrected chi connectivity index (χ4v) is 3.91. The van der Waals surface area contributed by atoms with Crippen LogP contribution in [0.2, 0.25) is 0 Å². The fraction of sp³-hybridized carbons (Fsp3) is 0.190. The molecule has 0 aromatic heterocycles. The van der Waals surface area contributed by atoms with Gasteiger partial charge in [-0.05, 0) is 33.6 Å². The number of rotatable bonds is 3. The van der Waals surface area contributed by atoms with Gasteiger partial charge in [-0.15, -0.1) is 0 Å². The van der Waals surface area contributed by atoms with Crippen LogP contribution in [-0.4, -0.2) is 34.0 Å². The predicted octanol–water partition coefficient (Wildman–Crippen LogP) is 4.31. The molecule has 3 unspecified atom stereocenters. The zero-order valence-electron chi connectivity index (χ0n) is 14.7. The molecule has 0 fully saturated rings. The zero-order valence-corrected chi connectivity index (χ0v) is 16.2. The third kappa shape index (κ3) is 3.32. The summed E-state index contributed by atoms with van der Waals surface area (Å²) in [7, 11) is 0. The monoisotopic (exact) mass is 423 g/mol. The van der Waals surface area contributed by atoms with Gasteiger partial charge in [0, 0.05) is 23.9 Å².